The number of ether oxygens (including phenoxy) is 2. The first-order chi connectivity index (χ1) is 14.5. The number of anilines is 1. The minimum Gasteiger partial charge on any atom is -0.497 e. The second-order valence-electron chi connectivity index (χ2n) is 7.28. The summed E-state index contributed by atoms with van der Waals surface area (Å²) in [7, 11) is 1.56. The Kier molecular flexibility index (Phi) is 5.76. The summed E-state index contributed by atoms with van der Waals surface area (Å²) in [5.41, 5.74) is 2.53. The second-order valence-corrected chi connectivity index (χ2v) is 7.28. The highest BCUT2D eigenvalue weighted by Crippen LogP contribution is 2.36. The SMILES string of the molecule is COc1ccc2c(c1)OC(CNCCCc1c[nH]c3ccc(F)cc13)CN2C(=O)O. The standard InChI is InChI=1S/C22H24FN3O4/c1-29-16-5-7-20-21(10-16)30-17(13-26(20)22(27)28)12-24-8-2-3-14-11-25-19-6-4-15(23)9-18(14)19/h4-7,9-11,17,24-25H,2-3,8,12-13H2,1H3,(H,27,28). The number of nitrogens with one attached hydrogen (secondary N) is 2. The quantitative estimate of drug-likeness (QED) is 0.513. The highest BCUT2D eigenvalue weighted by atomic mass is 19.1. The van der Waals surface area contributed by atoms with Crippen LogP contribution in [0.4, 0.5) is 14.9 Å². The first-order valence-electron chi connectivity index (χ1n) is 9.86. The Labute approximate surface area is 173 Å². The first kappa shape index (κ1) is 20.0. The van der Waals surface area contributed by atoms with Crippen LogP contribution in [0.1, 0.15) is 12.0 Å². The van der Waals surface area contributed by atoms with E-state index in [9.17, 15) is 14.3 Å². The van der Waals surface area contributed by atoms with Gasteiger partial charge in [0.1, 0.15) is 23.4 Å². The van der Waals surface area contributed by atoms with Crippen LogP contribution in [0, 0.1) is 5.82 Å². The van der Waals surface area contributed by atoms with Crippen molar-refractivity contribution in [3.05, 3.63) is 54.0 Å². The first-order valence-corrected chi connectivity index (χ1v) is 9.86. The van der Waals surface area contributed by atoms with Crippen molar-refractivity contribution in [2.45, 2.75) is 18.9 Å². The number of hydrogen-bond donors (Lipinski definition) is 3. The molecule has 2 aromatic carbocycles. The van der Waals surface area contributed by atoms with E-state index in [1.165, 1.54) is 11.0 Å². The number of aromatic nitrogens is 1. The van der Waals surface area contributed by atoms with Crippen LogP contribution in [-0.2, 0) is 6.42 Å². The summed E-state index contributed by atoms with van der Waals surface area (Å²) in [6.45, 7) is 1.51. The number of methoxy groups -OCH3 is 1. The van der Waals surface area contributed by atoms with Gasteiger partial charge in [0.2, 0.25) is 0 Å². The molecule has 1 amide bonds. The van der Waals surface area contributed by atoms with Crippen molar-refractivity contribution in [1.82, 2.24) is 10.3 Å². The van der Waals surface area contributed by atoms with Crippen molar-refractivity contribution in [2.24, 2.45) is 0 Å². The molecule has 0 fully saturated rings. The fraction of sp³-hybridized carbons (Fsp3) is 0.318. The van der Waals surface area contributed by atoms with E-state index in [1.807, 2.05) is 6.20 Å². The second kappa shape index (κ2) is 8.62. The number of benzene rings is 2. The fourth-order valence-electron chi connectivity index (χ4n) is 3.77. The van der Waals surface area contributed by atoms with Gasteiger partial charge in [-0.25, -0.2) is 9.18 Å². The van der Waals surface area contributed by atoms with Gasteiger partial charge in [0, 0.05) is 29.7 Å². The molecule has 0 spiro atoms. The van der Waals surface area contributed by atoms with Crippen LogP contribution >= 0.6 is 0 Å². The maximum Gasteiger partial charge on any atom is 0.412 e. The van der Waals surface area contributed by atoms with Crippen molar-refractivity contribution in [3.8, 4) is 11.5 Å². The van der Waals surface area contributed by atoms with Crippen LogP contribution in [-0.4, -0.2) is 49.0 Å². The van der Waals surface area contributed by atoms with Gasteiger partial charge in [-0.3, -0.25) is 4.90 Å². The average Bonchev–Trinajstić information content (AvgIpc) is 3.14. The summed E-state index contributed by atoms with van der Waals surface area (Å²) in [6.07, 6.45) is 2.28. The number of carbonyl (C=O) groups is 1. The molecule has 1 aliphatic heterocycles. The number of hydrogen-bond acceptors (Lipinski definition) is 4. The summed E-state index contributed by atoms with van der Waals surface area (Å²) in [6, 6.07) is 9.85. The van der Waals surface area contributed by atoms with Gasteiger partial charge in [0.15, 0.2) is 0 Å². The van der Waals surface area contributed by atoms with Gasteiger partial charge >= 0.3 is 6.09 Å². The molecule has 0 saturated heterocycles. The molecule has 0 saturated carbocycles. The molecule has 2 heterocycles. The Balaban J connectivity index is 1.31. The lowest BCUT2D eigenvalue weighted by Crippen LogP contribution is -2.47. The maximum absolute atomic E-state index is 13.5. The number of aryl methyl sites for hydroxylation is 1. The molecule has 30 heavy (non-hydrogen) atoms. The minimum atomic E-state index is -1.01. The lowest BCUT2D eigenvalue weighted by Gasteiger charge is -2.33. The maximum atomic E-state index is 13.5. The van der Waals surface area contributed by atoms with Gasteiger partial charge in [-0.05, 0) is 55.3 Å². The number of halogens is 1. The lowest BCUT2D eigenvalue weighted by atomic mass is 10.1. The van der Waals surface area contributed by atoms with Crippen LogP contribution in [0.5, 0.6) is 11.5 Å². The van der Waals surface area contributed by atoms with E-state index in [-0.39, 0.29) is 18.5 Å². The Bertz CT molecular complexity index is 1050. The monoisotopic (exact) mass is 413 g/mol. The van der Waals surface area contributed by atoms with Gasteiger partial charge in [-0.15, -0.1) is 0 Å². The number of nitrogens with zero attached hydrogens (tertiary/aromatic N) is 1. The van der Waals surface area contributed by atoms with E-state index < -0.39 is 6.09 Å². The van der Waals surface area contributed by atoms with Crippen LogP contribution in [0.2, 0.25) is 0 Å². The zero-order valence-corrected chi connectivity index (χ0v) is 16.7. The average molecular weight is 413 g/mol. The van der Waals surface area contributed by atoms with E-state index in [1.54, 1.807) is 37.4 Å². The van der Waals surface area contributed by atoms with Gasteiger partial charge in [-0.1, -0.05) is 0 Å². The molecule has 3 N–H and O–H groups in total. The minimum absolute atomic E-state index is 0.240. The van der Waals surface area contributed by atoms with Gasteiger partial charge < -0.3 is 24.9 Å². The third-order valence-electron chi connectivity index (χ3n) is 5.27. The molecule has 0 radical (unpaired) electrons. The molecule has 0 aliphatic carbocycles. The Hall–Kier alpha value is -3.26. The zero-order chi connectivity index (χ0) is 21.1. The predicted octanol–water partition coefficient (Wildman–Crippen LogP) is 3.78. The Morgan fingerprint density at radius 3 is 3.03 bits per heavy atom. The third-order valence-corrected chi connectivity index (χ3v) is 5.27. The summed E-state index contributed by atoms with van der Waals surface area (Å²) in [5.74, 6) is 0.870. The molecular formula is C22H24FN3O4. The highest BCUT2D eigenvalue weighted by Gasteiger charge is 2.29. The Morgan fingerprint density at radius 2 is 2.23 bits per heavy atom. The Morgan fingerprint density at radius 1 is 1.37 bits per heavy atom. The van der Waals surface area contributed by atoms with Crippen molar-refractivity contribution >= 4 is 22.7 Å². The molecule has 3 aromatic rings. The smallest absolute Gasteiger partial charge is 0.412 e. The number of amides is 1. The molecule has 1 unspecified atom stereocenters. The van der Waals surface area contributed by atoms with Crippen LogP contribution < -0.4 is 19.7 Å². The van der Waals surface area contributed by atoms with Crippen LogP contribution in [0.25, 0.3) is 10.9 Å². The van der Waals surface area contributed by atoms with Crippen molar-refractivity contribution < 1.29 is 23.8 Å². The fourth-order valence-corrected chi connectivity index (χ4v) is 3.77. The van der Waals surface area contributed by atoms with Crippen LogP contribution in [0.3, 0.4) is 0 Å². The lowest BCUT2D eigenvalue weighted by molar-refractivity contribution is 0.170. The summed E-state index contributed by atoms with van der Waals surface area (Å²) in [4.78, 5) is 16.1. The van der Waals surface area contributed by atoms with E-state index in [2.05, 4.69) is 10.3 Å². The van der Waals surface area contributed by atoms with Gasteiger partial charge in [0.25, 0.3) is 0 Å². The molecule has 1 aromatic heterocycles. The van der Waals surface area contributed by atoms with Gasteiger partial charge in [-0.2, -0.15) is 0 Å². The van der Waals surface area contributed by atoms with Gasteiger partial charge in [0.05, 0.1) is 19.3 Å². The molecule has 0 bridgehead atoms. The van der Waals surface area contributed by atoms with Crippen molar-refractivity contribution in [3.63, 3.8) is 0 Å². The molecule has 4 rings (SSSR count). The molecular weight excluding hydrogens is 389 g/mol. The third kappa shape index (κ3) is 4.18. The molecule has 8 heteroatoms. The molecule has 158 valence electrons. The number of carboxylic acid groups (broad SMARTS) is 1. The number of fused-ring (bicyclic) bond motifs is 2. The number of rotatable bonds is 7. The normalized spacial score (nSPS) is 15.7. The molecule has 1 atom stereocenters. The summed E-state index contributed by atoms with van der Waals surface area (Å²) in [5, 5.41) is 13.8. The molecule has 1 aliphatic rings. The van der Waals surface area contributed by atoms with E-state index in [0.717, 1.165) is 35.9 Å². The summed E-state index contributed by atoms with van der Waals surface area (Å²) >= 11 is 0. The van der Waals surface area contributed by atoms with Crippen LogP contribution in [0.15, 0.2) is 42.6 Å². The number of H-pyrrole nitrogens is 1. The van der Waals surface area contributed by atoms with E-state index in [4.69, 9.17) is 9.47 Å². The van der Waals surface area contributed by atoms with Crippen molar-refractivity contribution in [2.75, 3.05) is 31.6 Å². The number of aromatic amines is 1. The largest absolute Gasteiger partial charge is 0.497 e. The molecule has 7 nitrogen and oxygen atoms in total. The topological polar surface area (TPSA) is 86.8 Å². The van der Waals surface area contributed by atoms with E-state index in [0.29, 0.717) is 23.7 Å². The van der Waals surface area contributed by atoms with E-state index >= 15 is 0 Å². The zero-order valence-electron chi connectivity index (χ0n) is 16.7. The summed E-state index contributed by atoms with van der Waals surface area (Å²) < 4.78 is 24.7. The highest BCUT2D eigenvalue weighted by molar-refractivity contribution is 5.89. The van der Waals surface area contributed by atoms with Crippen molar-refractivity contribution in [1.29, 1.82) is 0 Å². The predicted molar refractivity (Wildman–Crippen MR) is 112 cm³/mol.